The highest BCUT2D eigenvalue weighted by Crippen LogP contribution is 2.29. The smallest absolute Gasteiger partial charge is 0.316 e. The van der Waals surface area contributed by atoms with Gasteiger partial charge in [0, 0.05) is 37.3 Å². The summed E-state index contributed by atoms with van der Waals surface area (Å²) in [6, 6.07) is 13.6. The minimum Gasteiger partial charge on any atom is -0.497 e. The van der Waals surface area contributed by atoms with E-state index in [2.05, 4.69) is 5.32 Å². The van der Waals surface area contributed by atoms with Crippen molar-refractivity contribution in [1.29, 1.82) is 0 Å². The molecule has 1 aliphatic heterocycles. The average Bonchev–Trinajstić information content (AvgIpc) is 3.05. The SMILES string of the molecule is COc1cccc(N2C[C@@H](C(=O)Oc3ccc(NC(C)=O)cc3)CC2=O)c1. The van der Waals surface area contributed by atoms with Crippen molar-refractivity contribution in [2.75, 3.05) is 23.9 Å². The molecule has 0 radical (unpaired) electrons. The zero-order valence-electron chi connectivity index (χ0n) is 15.1. The van der Waals surface area contributed by atoms with Crippen LogP contribution in [0.4, 0.5) is 11.4 Å². The Bertz CT molecular complexity index is 863. The molecule has 2 aromatic rings. The second kappa shape index (κ2) is 7.90. The minimum atomic E-state index is -0.543. The van der Waals surface area contributed by atoms with E-state index in [9.17, 15) is 14.4 Å². The van der Waals surface area contributed by atoms with Gasteiger partial charge in [0.05, 0.1) is 13.0 Å². The molecule has 3 rings (SSSR count). The van der Waals surface area contributed by atoms with Crippen LogP contribution < -0.4 is 19.7 Å². The van der Waals surface area contributed by atoms with E-state index in [0.717, 1.165) is 0 Å². The van der Waals surface area contributed by atoms with Crippen LogP contribution in [-0.4, -0.2) is 31.4 Å². The van der Waals surface area contributed by atoms with E-state index < -0.39 is 11.9 Å². The molecule has 0 unspecified atom stereocenters. The van der Waals surface area contributed by atoms with Crippen LogP contribution in [0.5, 0.6) is 11.5 Å². The molecule has 0 bridgehead atoms. The number of nitrogens with one attached hydrogen (secondary N) is 1. The summed E-state index contributed by atoms with van der Waals surface area (Å²) >= 11 is 0. The lowest BCUT2D eigenvalue weighted by atomic mass is 10.1. The Balaban J connectivity index is 1.64. The zero-order chi connectivity index (χ0) is 19.4. The van der Waals surface area contributed by atoms with Crippen LogP contribution in [0.3, 0.4) is 0 Å². The van der Waals surface area contributed by atoms with Crippen LogP contribution in [0.2, 0.25) is 0 Å². The van der Waals surface area contributed by atoms with Crippen LogP contribution in [0.15, 0.2) is 48.5 Å². The van der Waals surface area contributed by atoms with Crippen molar-refractivity contribution in [1.82, 2.24) is 0 Å². The molecule has 2 amide bonds. The first-order valence-corrected chi connectivity index (χ1v) is 8.50. The topological polar surface area (TPSA) is 84.9 Å². The number of rotatable bonds is 5. The lowest BCUT2D eigenvalue weighted by molar-refractivity contribution is -0.139. The molecule has 1 aliphatic rings. The summed E-state index contributed by atoms with van der Waals surface area (Å²) in [4.78, 5) is 37.3. The zero-order valence-corrected chi connectivity index (χ0v) is 15.1. The highest BCUT2D eigenvalue weighted by Gasteiger charge is 2.36. The average molecular weight is 368 g/mol. The second-order valence-corrected chi connectivity index (χ2v) is 6.23. The fraction of sp³-hybridized carbons (Fsp3) is 0.250. The molecule has 1 atom stereocenters. The molecule has 1 fully saturated rings. The Hall–Kier alpha value is -3.35. The van der Waals surface area contributed by atoms with Gasteiger partial charge >= 0.3 is 5.97 Å². The van der Waals surface area contributed by atoms with Gasteiger partial charge < -0.3 is 19.7 Å². The molecule has 1 N–H and O–H groups in total. The molecular weight excluding hydrogens is 348 g/mol. The van der Waals surface area contributed by atoms with Gasteiger partial charge in [0.2, 0.25) is 11.8 Å². The Kier molecular flexibility index (Phi) is 5.40. The molecule has 1 heterocycles. The molecule has 7 nitrogen and oxygen atoms in total. The van der Waals surface area contributed by atoms with Crippen LogP contribution in [-0.2, 0) is 14.4 Å². The molecule has 2 aromatic carbocycles. The van der Waals surface area contributed by atoms with Gasteiger partial charge in [-0.25, -0.2) is 0 Å². The second-order valence-electron chi connectivity index (χ2n) is 6.23. The predicted octanol–water partition coefficient (Wildman–Crippen LogP) is 2.61. The van der Waals surface area contributed by atoms with E-state index in [1.165, 1.54) is 6.92 Å². The largest absolute Gasteiger partial charge is 0.497 e. The monoisotopic (exact) mass is 368 g/mol. The van der Waals surface area contributed by atoms with Crippen molar-refractivity contribution in [3.8, 4) is 11.5 Å². The molecule has 7 heteroatoms. The number of hydrogen-bond donors (Lipinski definition) is 1. The third-order valence-electron chi connectivity index (χ3n) is 4.22. The number of hydrogen-bond acceptors (Lipinski definition) is 5. The molecular formula is C20H20N2O5. The maximum absolute atomic E-state index is 12.4. The quantitative estimate of drug-likeness (QED) is 0.648. The number of benzene rings is 2. The fourth-order valence-corrected chi connectivity index (χ4v) is 2.90. The Morgan fingerprint density at radius 2 is 1.85 bits per heavy atom. The molecule has 0 saturated carbocycles. The number of methoxy groups -OCH3 is 1. The Labute approximate surface area is 156 Å². The van der Waals surface area contributed by atoms with E-state index in [-0.39, 0.29) is 24.8 Å². The highest BCUT2D eigenvalue weighted by molar-refractivity contribution is 5.99. The van der Waals surface area contributed by atoms with Crippen molar-refractivity contribution in [2.45, 2.75) is 13.3 Å². The van der Waals surface area contributed by atoms with Crippen LogP contribution in [0.25, 0.3) is 0 Å². The van der Waals surface area contributed by atoms with Crippen LogP contribution >= 0.6 is 0 Å². The normalized spacial score (nSPS) is 16.1. The summed E-state index contributed by atoms with van der Waals surface area (Å²) in [6.07, 6.45) is 0.0972. The minimum absolute atomic E-state index is 0.0972. The van der Waals surface area contributed by atoms with Crippen molar-refractivity contribution in [3.05, 3.63) is 48.5 Å². The van der Waals surface area contributed by atoms with Gasteiger partial charge in [0.1, 0.15) is 11.5 Å². The van der Waals surface area contributed by atoms with Gasteiger partial charge in [-0.1, -0.05) is 6.07 Å². The van der Waals surface area contributed by atoms with E-state index in [1.54, 1.807) is 60.5 Å². The summed E-state index contributed by atoms with van der Waals surface area (Å²) in [5, 5.41) is 2.64. The van der Waals surface area contributed by atoms with Gasteiger partial charge in [-0.3, -0.25) is 14.4 Å². The number of ether oxygens (including phenoxy) is 2. The first kappa shape index (κ1) is 18.4. The summed E-state index contributed by atoms with van der Waals surface area (Å²) < 4.78 is 10.6. The van der Waals surface area contributed by atoms with Gasteiger partial charge in [-0.2, -0.15) is 0 Å². The van der Waals surface area contributed by atoms with Crippen LogP contribution in [0, 0.1) is 5.92 Å². The Morgan fingerprint density at radius 1 is 1.11 bits per heavy atom. The summed E-state index contributed by atoms with van der Waals surface area (Å²) in [6.45, 7) is 1.67. The highest BCUT2D eigenvalue weighted by atomic mass is 16.5. The lowest BCUT2D eigenvalue weighted by Crippen LogP contribution is -2.27. The summed E-state index contributed by atoms with van der Waals surface area (Å²) in [5.74, 6) is -0.306. The van der Waals surface area contributed by atoms with Crippen molar-refractivity contribution in [3.63, 3.8) is 0 Å². The van der Waals surface area contributed by atoms with Gasteiger partial charge in [0.15, 0.2) is 0 Å². The number of carbonyl (C=O) groups is 3. The van der Waals surface area contributed by atoms with Gasteiger partial charge in [0.25, 0.3) is 0 Å². The van der Waals surface area contributed by atoms with E-state index >= 15 is 0 Å². The van der Waals surface area contributed by atoms with Gasteiger partial charge in [-0.05, 0) is 36.4 Å². The third-order valence-corrected chi connectivity index (χ3v) is 4.22. The fourth-order valence-electron chi connectivity index (χ4n) is 2.90. The van der Waals surface area contributed by atoms with Crippen molar-refractivity contribution < 1.29 is 23.9 Å². The van der Waals surface area contributed by atoms with Crippen molar-refractivity contribution >= 4 is 29.2 Å². The standard InChI is InChI=1S/C20H20N2O5/c1-13(23)21-15-6-8-17(9-7-15)27-20(25)14-10-19(24)22(12-14)16-4-3-5-18(11-16)26-2/h3-9,11,14H,10,12H2,1-2H3,(H,21,23)/t14-/m0/s1. The predicted molar refractivity (Wildman–Crippen MR) is 99.8 cm³/mol. The number of nitrogens with zero attached hydrogens (tertiary/aromatic N) is 1. The molecule has 0 aliphatic carbocycles. The van der Waals surface area contributed by atoms with E-state index in [0.29, 0.717) is 22.9 Å². The molecule has 27 heavy (non-hydrogen) atoms. The van der Waals surface area contributed by atoms with Gasteiger partial charge in [-0.15, -0.1) is 0 Å². The summed E-state index contributed by atoms with van der Waals surface area (Å²) in [5.41, 5.74) is 1.30. The molecule has 1 saturated heterocycles. The maximum Gasteiger partial charge on any atom is 0.316 e. The first-order valence-electron chi connectivity index (χ1n) is 8.50. The number of esters is 1. The van der Waals surface area contributed by atoms with Crippen molar-refractivity contribution in [2.24, 2.45) is 5.92 Å². The molecule has 0 spiro atoms. The number of amides is 2. The third kappa shape index (κ3) is 4.44. The Morgan fingerprint density at radius 3 is 2.52 bits per heavy atom. The van der Waals surface area contributed by atoms with E-state index in [4.69, 9.17) is 9.47 Å². The van der Waals surface area contributed by atoms with E-state index in [1.807, 2.05) is 0 Å². The van der Waals surface area contributed by atoms with Crippen LogP contribution in [0.1, 0.15) is 13.3 Å². The molecule has 140 valence electrons. The first-order chi connectivity index (χ1) is 13.0. The molecule has 0 aromatic heterocycles. The lowest BCUT2D eigenvalue weighted by Gasteiger charge is -2.17. The summed E-state index contributed by atoms with van der Waals surface area (Å²) in [7, 11) is 1.56. The number of carbonyl (C=O) groups excluding carboxylic acids is 3. The maximum atomic E-state index is 12.4. The number of anilines is 2.